The highest BCUT2D eigenvalue weighted by atomic mass is 32.2. The number of rotatable bonds is 8. The van der Waals surface area contributed by atoms with Crippen LogP contribution in [0.25, 0.3) is 0 Å². The number of methoxy groups -OCH3 is 1. The van der Waals surface area contributed by atoms with Gasteiger partial charge in [0.2, 0.25) is 15.9 Å². The Morgan fingerprint density at radius 3 is 2.64 bits per heavy atom. The van der Waals surface area contributed by atoms with Crippen LogP contribution in [0.15, 0.2) is 24.3 Å². The summed E-state index contributed by atoms with van der Waals surface area (Å²) in [6, 6.07) is 8.60. The van der Waals surface area contributed by atoms with Gasteiger partial charge < -0.3 is 10.1 Å². The minimum Gasteiger partial charge on any atom is -0.383 e. The van der Waals surface area contributed by atoms with Gasteiger partial charge in [-0.05, 0) is 12.1 Å². The van der Waals surface area contributed by atoms with Crippen LogP contribution >= 0.6 is 0 Å². The number of sulfonamides is 1. The summed E-state index contributed by atoms with van der Waals surface area (Å²) >= 11 is 0. The lowest BCUT2D eigenvalue weighted by Gasteiger charge is -2.19. The van der Waals surface area contributed by atoms with Crippen molar-refractivity contribution in [2.45, 2.75) is 6.42 Å². The van der Waals surface area contributed by atoms with Gasteiger partial charge in [-0.25, -0.2) is 8.42 Å². The number of hydrogen-bond donors (Lipinski definition) is 1. The van der Waals surface area contributed by atoms with Crippen molar-refractivity contribution >= 4 is 21.6 Å². The fraction of sp³-hybridized carbons (Fsp3) is 0.429. The van der Waals surface area contributed by atoms with Crippen LogP contribution in [0.3, 0.4) is 0 Å². The van der Waals surface area contributed by atoms with Crippen molar-refractivity contribution in [1.82, 2.24) is 4.31 Å². The number of carbonyl (C=O) groups is 1. The summed E-state index contributed by atoms with van der Waals surface area (Å²) in [7, 11) is -1.92. The zero-order chi connectivity index (χ0) is 16.6. The summed E-state index contributed by atoms with van der Waals surface area (Å²) in [6.07, 6.45) is 1.09. The zero-order valence-electron chi connectivity index (χ0n) is 12.6. The van der Waals surface area contributed by atoms with Crippen LogP contribution in [0.4, 0.5) is 5.69 Å². The van der Waals surface area contributed by atoms with Crippen LogP contribution < -0.4 is 5.32 Å². The molecule has 0 heterocycles. The highest BCUT2D eigenvalue weighted by molar-refractivity contribution is 7.88. The van der Waals surface area contributed by atoms with Gasteiger partial charge in [-0.2, -0.15) is 9.57 Å². The molecular formula is C14H19N3O4S. The van der Waals surface area contributed by atoms with Gasteiger partial charge in [-0.1, -0.05) is 12.1 Å². The van der Waals surface area contributed by atoms with Gasteiger partial charge in [0, 0.05) is 26.6 Å². The maximum atomic E-state index is 11.9. The normalized spacial score (nSPS) is 11.2. The second-order valence-electron chi connectivity index (χ2n) is 4.61. The molecule has 1 aromatic carbocycles. The van der Waals surface area contributed by atoms with Crippen LogP contribution in [0.1, 0.15) is 12.0 Å². The Morgan fingerprint density at radius 2 is 2.05 bits per heavy atom. The average molecular weight is 325 g/mol. The zero-order valence-corrected chi connectivity index (χ0v) is 13.4. The summed E-state index contributed by atoms with van der Waals surface area (Å²) in [5, 5.41) is 11.6. The van der Waals surface area contributed by atoms with Gasteiger partial charge in [-0.15, -0.1) is 0 Å². The molecule has 0 radical (unpaired) electrons. The molecule has 0 spiro atoms. The molecule has 1 N–H and O–H groups in total. The fourth-order valence-electron chi connectivity index (χ4n) is 1.77. The SMILES string of the molecule is COCCN(CCC(=O)Nc1ccccc1C#N)S(C)(=O)=O. The molecule has 0 unspecified atom stereocenters. The molecule has 7 nitrogen and oxygen atoms in total. The van der Waals surface area contributed by atoms with E-state index in [0.29, 0.717) is 11.3 Å². The van der Waals surface area contributed by atoms with Crippen molar-refractivity contribution in [3.8, 4) is 6.07 Å². The molecule has 120 valence electrons. The Kier molecular flexibility index (Phi) is 6.98. The van der Waals surface area contributed by atoms with E-state index in [4.69, 9.17) is 10.00 Å². The number of ether oxygens (including phenoxy) is 1. The molecule has 0 aliphatic carbocycles. The molecule has 0 saturated carbocycles. The number of nitrogens with zero attached hydrogens (tertiary/aromatic N) is 2. The second kappa shape index (κ2) is 8.48. The highest BCUT2D eigenvalue weighted by Crippen LogP contribution is 2.13. The second-order valence-corrected chi connectivity index (χ2v) is 6.59. The molecule has 0 aliphatic heterocycles. The van der Waals surface area contributed by atoms with E-state index in [2.05, 4.69) is 5.32 Å². The van der Waals surface area contributed by atoms with E-state index in [1.807, 2.05) is 6.07 Å². The van der Waals surface area contributed by atoms with Gasteiger partial charge in [0.1, 0.15) is 6.07 Å². The number of anilines is 1. The third-order valence-electron chi connectivity index (χ3n) is 2.92. The van der Waals surface area contributed by atoms with E-state index >= 15 is 0 Å². The van der Waals surface area contributed by atoms with Crippen LogP contribution in [-0.4, -0.2) is 51.7 Å². The number of nitrogens with one attached hydrogen (secondary N) is 1. The summed E-state index contributed by atoms with van der Waals surface area (Å²) in [6.45, 7) is 0.506. The van der Waals surface area contributed by atoms with Crippen molar-refractivity contribution in [3.63, 3.8) is 0 Å². The number of amides is 1. The van der Waals surface area contributed by atoms with Crippen molar-refractivity contribution < 1.29 is 17.9 Å². The van der Waals surface area contributed by atoms with E-state index in [-0.39, 0.29) is 32.0 Å². The van der Waals surface area contributed by atoms with Gasteiger partial charge >= 0.3 is 0 Å². The van der Waals surface area contributed by atoms with Gasteiger partial charge in [0.05, 0.1) is 24.1 Å². The minimum atomic E-state index is -3.40. The molecule has 0 bridgehead atoms. The predicted octanol–water partition coefficient (Wildman–Crippen LogP) is 0.795. The average Bonchev–Trinajstić information content (AvgIpc) is 2.46. The molecular weight excluding hydrogens is 306 g/mol. The number of benzene rings is 1. The molecule has 1 aromatic rings. The first-order chi connectivity index (χ1) is 10.4. The molecule has 8 heteroatoms. The fourth-order valence-corrected chi connectivity index (χ4v) is 2.59. The molecule has 1 amide bonds. The Labute approximate surface area is 130 Å². The third kappa shape index (κ3) is 5.81. The lowest BCUT2D eigenvalue weighted by Crippen LogP contribution is -2.35. The standard InChI is InChI=1S/C14H19N3O4S/c1-21-10-9-17(22(2,19)20)8-7-14(18)16-13-6-4-3-5-12(13)11-15/h3-6H,7-10H2,1-2H3,(H,16,18). The molecule has 1 rings (SSSR count). The largest absolute Gasteiger partial charge is 0.383 e. The quantitative estimate of drug-likeness (QED) is 0.762. The minimum absolute atomic E-state index is 0.00343. The smallest absolute Gasteiger partial charge is 0.225 e. The molecule has 22 heavy (non-hydrogen) atoms. The summed E-state index contributed by atoms with van der Waals surface area (Å²) in [4.78, 5) is 11.9. The molecule has 0 fully saturated rings. The van der Waals surface area contributed by atoms with Gasteiger partial charge in [-0.3, -0.25) is 4.79 Å². The van der Waals surface area contributed by atoms with Crippen molar-refractivity contribution in [2.24, 2.45) is 0 Å². The Balaban J connectivity index is 2.62. The van der Waals surface area contributed by atoms with Crippen LogP contribution in [-0.2, 0) is 19.6 Å². The van der Waals surface area contributed by atoms with E-state index in [0.717, 1.165) is 6.26 Å². The van der Waals surface area contributed by atoms with Crippen molar-refractivity contribution in [1.29, 1.82) is 5.26 Å². The van der Waals surface area contributed by atoms with Crippen molar-refractivity contribution in [2.75, 3.05) is 38.4 Å². The number of carbonyl (C=O) groups excluding carboxylic acids is 1. The van der Waals surface area contributed by atoms with E-state index in [1.165, 1.54) is 11.4 Å². The van der Waals surface area contributed by atoms with Gasteiger partial charge in [0.25, 0.3) is 0 Å². The molecule has 0 saturated heterocycles. The van der Waals surface area contributed by atoms with Crippen LogP contribution in [0.5, 0.6) is 0 Å². The maximum absolute atomic E-state index is 11.9. The number of nitriles is 1. The molecule has 0 aliphatic rings. The van der Waals surface area contributed by atoms with E-state index < -0.39 is 10.0 Å². The first kappa shape index (κ1) is 18.1. The van der Waals surface area contributed by atoms with Gasteiger partial charge in [0.15, 0.2) is 0 Å². The van der Waals surface area contributed by atoms with Crippen LogP contribution in [0.2, 0.25) is 0 Å². The Morgan fingerprint density at radius 1 is 1.36 bits per heavy atom. The summed E-state index contributed by atoms with van der Waals surface area (Å²) < 4.78 is 29.3. The van der Waals surface area contributed by atoms with E-state index in [9.17, 15) is 13.2 Å². The highest BCUT2D eigenvalue weighted by Gasteiger charge is 2.17. The first-order valence-corrected chi connectivity index (χ1v) is 8.46. The topological polar surface area (TPSA) is 99.5 Å². The Bertz CT molecular complexity index is 652. The maximum Gasteiger partial charge on any atom is 0.225 e. The predicted molar refractivity (Wildman–Crippen MR) is 82.7 cm³/mol. The molecule has 0 aromatic heterocycles. The van der Waals surface area contributed by atoms with Crippen LogP contribution in [0, 0.1) is 11.3 Å². The monoisotopic (exact) mass is 325 g/mol. The Hall–Kier alpha value is -1.95. The molecule has 0 atom stereocenters. The lowest BCUT2D eigenvalue weighted by atomic mass is 10.2. The van der Waals surface area contributed by atoms with E-state index in [1.54, 1.807) is 24.3 Å². The first-order valence-electron chi connectivity index (χ1n) is 6.61. The lowest BCUT2D eigenvalue weighted by molar-refractivity contribution is -0.116. The number of para-hydroxylation sites is 1. The van der Waals surface area contributed by atoms with Crippen molar-refractivity contribution in [3.05, 3.63) is 29.8 Å². The third-order valence-corrected chi connectivity index (χ3v) is 4.23. The summed E-state index contributed by atoms with van der Waals surface area (Å²) in [5.41, 5.74) is 0.771. The summed E-state index contributed by atoms with van der Waals surface area (Å²) in [5.74, 6) is -0.353. The number of hydrogen-bond acceptors (Lipinski definition) is 5.